The molecule has 1 heterocycles. The number of fused-ring (bicyclic) bond motifs is 5. The summed E-state index contributed by atoms with van der Waals surface area (Å²) in [7, 11) is 0. The smallest absolute Gasteiger partial charge is 0.309 e. The first-order chi connectivity index (χ1) is 11.0. The van der Waals surface area contributed by atoms with E-state index in [1.165, 1.54) is 51.4 Å². The van der Waals surface area contributed by atoms with E-state index in [9.17, 15) is 9.90 Å². The van der Waals surface area contributed by atoms with Crippen LogP contribution in [0.25, 0.3) is 0 Å². The second kappa shape index (κ2) is 3.81. The largest absolute Gasteiger partial charge is 0.465 e. The van der Waals surface area contributed by atoms with Gasteiger partial charge < -0.3 is 9.84 Å². The lowest BCUT2D eigenvalue weighted by atomic mass is 9.37. The van der Waals surface area contributed by atoms with Crippen LogP contribution in [0.3, 0.4) is 0 Å². The molecule has 0 amide bonds. The van der Waals surface area contributed by atoms with Gasteiger partial charge in [-0.25, -0.2) is 0 Å². The van der Waals surface area contributed by atoms with Gasteiger partial charge >= 0.3 is 5.97 Å². The molecule has 6 bridgehead atoms. The minimum atomic E-state index is -0.455. The van der Waals surface area contributed by atoms with Gasteiger partial charge in [0.05, 0.1) is 18.1 Å². The first-order valence-electron chi connectivity index (χ1n) is 9.84. The number of esters is 1. The molecule has 3 nitrogen and oxygen atoms in total. The number of ether oxygens (including phenoxy) is 1. The minimum Gasteiger partial charge on any atom is -0.465 e. The van der Waals surface area contributed by atoms with E-state index < -0.39 is 5.60 Å². The standard InChI is InChI=1S/C20H28O3/c1-18(22)13-4-11-5-14(18)9-19(6-11,8-13)20-3-2-12(7-20)15-10-23-17(21)16(15)20/h11-16,22H,2-10H2,1H3. The number of aliphatic hydroxyl groups is 1. The van der Waals surface area contributed by atoms with Gasteiger partial charge in [-0.3, -0.25) is 4.79 Å². The van der Waals surface area contributed by atoms with Crippen molar-refractivity contribution in [3.8, 4) is 0 Å². The van der Waals surface area contributed by atoms with Gasteiger partial charge in [-0.2, -0.15) is 0 Å². The average molecular weight is 316 g/mol. The molecule has 7 rings (SSSR count). The topological polar surface area (TPSA) is 46.5 Å². The molecule has 6 aliphatic carbocycles. The zero-order chi connectivity index (χ0) is 15.6. The summed E-state index contributed by atoms with van der Waals surface area (Å²) in [5, 5.41) is 11.1. The molecule has 7 aliphatic rings. The Morgan fingerprint density at radius 1 is 1.13 bits per heavy atom. The molecule has 6 atom stereocenters. The number of carbonyl (C=O) groups is 1. The first kappa shape index (κ1) is 13.7. The van der Waals surface area contributed by atoms with Gasteiger partial charge in [0.1, 0.15) is 0 Å². The molecule has 0 radical (unpaired) electrons. The van der Waals surface area contributed by atoms with E-state index in [0.29, 0.717) is 29.8 Å². The first-order valence-corrected chi connectivity index (χ1v) is 9.84. The third-order valence-corrected chi connectivity index (χ3v) is 9.79. The van der Waals surface area contributed by atoms with Gasteiger partial charge in [0.2, 0.25) is 0 Å². The van der Waals surface area contributed by atoms with Gasteiger partial charge in [-0.15, -0.1) is 0 Å². The highest BCUT2D eigenvalue weighted by Crippen LogP contribution is 2.78. The Morgan fingerprint density at radius 2 is 1.87 bits per heavy atom. The molecule has 0 spiro atoms. The van der Waals surface area contributed by atoms with Gasteiger partial charge in [0.25, 0.3) is 0 Å². The van der Waals surface area contributed by atoms with Gasteiger partial charge in [0, 0.05) is 5.92 Å². The fourth-order valence-electron chi connectivity index (χ4n) is 8.97. The highest BCUT2D eigenvalue weighted by atomic mass is 16.5. The van der Waals surface area contributed by atoms with Crippen molar-refractivity contribution < 1.29 is 14.6 Å². The van der Waals surface area contributed by atoms with Crippen LogP contribution in [-0.4, -0.2) is 23.3 Å². The highest BCUT2D eigenvalue weighted by molar-refractivity contribution is 5.77. The van der Waals surface area contributed by atoms with Crippen LogP contribution in [0.15, 0.2) is 0 Å². The maximum Gasteiger partial charge on any atom is 0.309 e. The Morgan fingerprint density at radius 3 is 2.61 bits per heavy atom. The van der Waals surface area contributed by atoms with Crippen molar-refractivity contribution in [1.29, 1.82) is 0 Å². The Labute approximate surface area is 138 Å². The van der Waals surface area contributed by atoms with Gasteiger partial charge in [0.15, 0.2) is 0 Å². The van der Waals surface area contributed by atoms with Crippen LogP contribution < -0.4 is 0 Å². The molecular weight excluding hydrogens is 288 g/mol. The Balaban J connectivity index is 1.47. The molecule has 1 N–H and O–H groups in total. The van der Waals surface area contributed by atoms with Gasteiger partial charge in [-0.05, 0) is 92.8 Å². The molecule has 3 heteroatoms. The van der Waals surface area contributed by atoms with E-state index in [1.807, 2.05) is 0 Å². The summed E-state index contributed by atoms with van der Waals surface area (Å²) in [6.07, 6.45) is 9.99. The normalized spacial score (nSPS) is 65.2. The van der Waals surface area contributed by atoms with Crippen LogP contribution in [0.5, 0.6) is 0 Å². The lowest BCUT2D eigenvalue weighted by Crippen LogP contribution is -2.64. The zero-order valence-electron chi connectivity index (χ0n) is 14.1. The summed E-state index contributed by atoms with van der Waals surface area (Å²) in [5.41, 5.74) is 0.106. The van der Waals surface area contributed by atoms with E-state index in [0.717, 1.165) is 11.8 Å². The molecule has 0 aromatic rings. The van der Waals surface area contributed by atoms with Crippen molar-refractivity contribution in [1.82, 2.24) is 0 Å². The van der Waals surface area contributed by atoms with Crippen molar-refractivity contribution in [2.45, 2.75) is 63.9 Å². The van der Waals surface area contributed by atoms with Gasteiger partial charge in [-0.1, -0.05) is 0 Å². The molecule has 126 valence electrons. The summed E-state index contributed by atoms with van der Waals surface area (Å²) in [4.78, 5) is 12.6. The minimum absolute atomic E-state index is 0.125. The lowest BCUT2D eigenvalue weighted by Gasteiger charge is -2.68. The summed E-state index contributed by atoms with van der Waals surface area (Å²) < 4.78 is 5.54. The lowest BCUT2D eigenvalue weighted by molar-refractivity contribution is -0.231. The van der Waals surface area contributed by atoms with Crippen molar-refractivity contribution in [2.75, 3.05) is 6.61 Å². The predicted molar refractivity (Wildman–Crippen MR) is 84.3 cm³/mol. The number of carbonyl (C=O) groups excluding carboxylic acids is 1. The molecule has 1 aliphatic heterocycles. The Kier molecular flexibility index (Phi) is 2.27. The summed E-state index contributed by atoms with van der Waals surface area (Å²) in [6, 6.07) is 0. The molecule has 0 aromatic heterocycles. The van der Waals surface area contributed by atoms with Crippen LogP contribution in [0.2, 0.25) is 0 Å². The third-order valence-electron chi connectivity index (χ3n) is 9.79. The second-order valence-electron chi connectivity index (χ2n) is 10.3. The van der Waals surface area contributed by atoms with Crippen molar-refractivity contribution in [3.05, 3.63) is 0 Å². The van der Waals surface area contributed by atoms with E-state index in [2.05, 4.69) is 6.92 Å². The van der Waals surface area contributed by atoms with Crippen LogP contribution in [0.4, 0.5) is 0 Å². The van der Waals surface area contributed by atoms with E-state index in [1.54, 1.807) is 0 Å². The van der Waals surface area contributed by atoms with E-state index >= 15 is 0 Å². The number of hydrogen-bond acceptors (Lipinski definition) is 3. The molecule has 0 aromatic carbocycles. The predicted octanol–water partition coefficient (Wildman–Crippen LogP) is 3.15. The number of rotatable bonds is 1. The number of cyclic esters (lactones) is 1. The molecule has 6 unspecified atom stereocenters. The average Bonchev–Trinajstić information content (AvgIpc) is 3.17. The Bertz CT molecular complexity index is 578. The molecule has 23 heavy (non-hydrogen) atoms. The van der Waals surface area contributed by atoms with Crippen LogP contribution in [-0.2, 0) is 9.53 Å². The summed E-state index contributed by atoms with van der Waals surface area (Å²) >= 11 is 0. The zero-order valence-corrected chi connectivity index (χ0v) is 14.1. The third kappa shape index (κ3) is 1.35. The summed E-state index contributed by atoms with van der Waals surface area (Å²) in [6.45, 7) is 2.80. The highest BCUT2D eigenvalue weighted by Gasteiger charge is 2.74. The fraction of sp³-hybridized carbons (Fsp3) is 0.950. The quantitative estimate of drug-likeness (QED) is 0.756. The second-order valence-corrected chi connectivity index (χ2v) is 10.3. The molecular formula is C20H28O3. The van der Waals surface area contributed by atoms with Crippen molar-refractivity contribution in [3.63, 3.8) is 0 Å². The fourth-order valence-corrected chi connectivity index (χ4v) is 8.97. The van der Waals surface area contributed by atoms with Crippen LogP contribution >= 0.6 is 0 Å². The van der Waals surface area contributed by atoms with Crippen LogP contribution in [0.1, 0.15) is 58.3 Å². The monoisotopic (exact) mass is 316 g/mol. The number of hydrogen-bond donors (Lipinski definition) is 1. The molecule has 6 saturated carbocycles. The van der Waals surface area contributed by atoms with Crippen LogP contribution in [0, 0.1) is 46.3 Å². The summed E-state index contributed by atoms with van der Waals surface area (Å²) in [5.74, 6) is 3.32. The SMILES string of the molecule is CC1(O)C2CC3CC1CC(C14CCC(C1)C1COC(=O)C14)(C3)C2. The van der Waals surface area contributed by atoms with E-state index in [4.69, 9.17) is 4.74 Å². The van der Waals surface area contributed by atoms with Crippen molar-refractivity contribution >= 4 is 5.97 Å². The van der Waals surface area contributed by atoms with E-state index in [-0.39, 0.29) is 17.3 Å². The maximum atomic E-state index is 12.6. The maximum absolute atomic E-state index is 12.6. The molecule has 7 fully saturated rings. The molecule has 1 saturated heterocycles. The Hall–Kier alpha value is -0.570. The van der Waals surface area contributed by atoms with Crippen molar-refractivity contribution in [2.24, 2.45) is 46.3 Å².